The van der Waals surface area contributed by atoms with Gasteiger partial charge in [0, 0.05) is 7.05 Å². The standard InChI is InChI=1S/C6H12N2/c1-4-5-6(2)8-7-3/h4-5,7H,1-3H3/b5-4-,8-6+. The fraction of sp³-hybridized carbons (Fsp3) is 0.500. The number of rotatable bonds is 2. The van der Waals surface area contributed by atoms with Crippen molar-refractivity contribution in [2.75, 3.05) is 7.05 Å². The minimum Gasteiger partial charge on any atom is -0.313 e. The first-order chi connectivity index (χ1) is 3.81. The first-order valence-electron chi connectivity index (χ1n) is 2.65. The Morgan fingerprint density at radius 3 is 2.62 bits per heavy atom. The van der Waals surface area contributed by atoms with Gasteiger partial charge in [-0.2, -0.15) is 5.10 Å². The van der Waals surface area contributed by atoms with E-state index in [4.69, 9.17) is 0 Å². The van der Waals surface area contributed by atoms with Gasteiger partial charge in [-0.1, -0.05) is 6.08 Å². The molecule has 0 aromatic rings. The van der Waals surface area contributed by atoms with Crippen molar-refractivity contribution in [2.24, 2.45) is 5.10 Å². The molecule has 1 N–H and O–H groups in total. The first-order valence-corrected chi connectivity index (χ1v) is 2.65. The molecule has 0 aliphatic rings. The molecule has 0 aromatic heterocycles. The molecule has 0 aliphatic carbocycles. The van der Waals surface area contributed by atoms with Gasteiger partial charge in [0.1, 0.15) is 0 Å². The second-order valence-corrected chi connectivity index (χ2v) is 1.48. The first kappa shape index (κ1) is 7.21. The van der Waals surface area contributed by atoms with E-state index in [0.29, 0.717) is 0 Å². The topological polar surface area (TPSA) is 24.4 Å². The summed E-state index contributed by atoms with van der Waals surface area (Å²) in [6.45, 7) is 3.91. The monoisotopic (exact) mass is 112 g/mol. The van der Waals surface area contributed by atoms with Crippen molar-refractivity contribution in [3.63, 3.8) is 0 Å². The average Bonchev–Trinajstić information content (AvgIpc) is 1.68. The van der Waals surface area contributed by atoms with E-state index in [1.165, 1.54) is 0 Å². The molecule has 0 aromatic carbocycles. The van der Waals surface area contributed by atoms with Crippen molar-refractivity contribution >= 4 is 5.71 Å². The lowest BCUT2D eigenvalue weighted by atomic mass is 10.4. The normalized spacial score (nSPS) is 12.6. The van der Waals surface area contributed by atoms with E-state index in [1.807, 2.05) is 26.0 Å². The van der Waals surface area contributed by atoms with Gasteiger partial charge < -0.3 is 5.43 Å². The van der Waals surface area contributed by atoms with E-state index < -0.39 is 0 Å². The summed E-state index contributed by atoms with van der Waals surface area (Å²) in [6.07, 6.45) is 3.90. The number of hydrazone groups is 1. The molecule has 0 amide bonds. The number of allylic oxidation sites excluding steroid dienone is 2. The summed E-state index contributed by atoms with van der Waals surface area (Å²) in [6, 6.07) is 0. The maximum atomic E-state index is 3.89. The number of nitrogens with one attached hydrogen (secondary N) is 1. The van der Waals surface area contributed by atoms with Crippen LogP contribution in [0.3, 0.4) is 0 Å². The Hall–Kier alpha value is -0.790. The lowest BCUT2D eigenvalue weighted by Gasteiger charge is -1.87. The Balaban J connectivity index is 3.61. The lowest BCUT2D eigenvalue weighted by molar-refractivity contribution is 0.901. The van der Waals surface area contributed by atoms with Crippen LogP contribution in [0.5, 0.6) is 0 Å². The predicted octanol–water partition coefficient (Wildman–Crippen LogP) is 1.16. The van der Waals surface area contributed by atoms with Crippen molar-refractivity contribution in [3.05, 3.63) is 12.2 Å². The van der Waals surface area contributed by atoms with Gasteiger partial charge in [0.05, 0.1) is 5.71 Å². The molecule has 0 aliphatic heterocycles. The van der Waals surface area contributed by atoms with Gasteiger partial charge in [0.25, 0.3) is 0 Å². The number of hydrogen-bond acceptors (Lipinski definition) is 2. The molecule has 0 rings (SSSR count). The Morgan fingerprint density at radius 2 is 2.25 bits per heavy atom. The minimum absolute atomic E-state index is 0.995. The molecule has 8 heavy (non-hydrogen) atoms. The second-order valence-electron chi connectivity index (χ2n) is 1.48. The quantitative estimate of drug-likeness (QED) is 0.420. The van der Waals surface area contributed by atoms with Crippen LogP contribution < -0.4 is 5.43 Å². The van der Waals surface area contributed by atoms with E-state index in [2.05, 4.69) is 10.5 Å². The van der Waals surface area contributed by atoms with Crippen LogP contribution in [-0.4, -0.2) is 12.8 Å². The zero-order valence-electron chi connectivity index (χ0n) is 5.60. The largest absolute Gasteiger partial charge is 0.313 e. The van der Waals surface area contributed by atoms with Gasteiger partial charge >= 0.3 is 0 Å². The fourth-order valence-electron chi connectivity index (χ4n) is 0.455. The van der Waals surface area contributed by atoms with E-state index >= 15 is 0 Å². The Kier molecular flexibility index (Phi) is 3.94. The van der Waals surface area contributed by atoms with Crippen LogP contribution in [0.4, 0.5) is 0 Å². The Labute approximate surface area is 50.3 Å². The highest BCUT2D eigenvalue weighted by molar-refractivity contribution is 5.92. The third-order valence-electron chi connectivity index (χ3n) is 0.696. The predicted molar refractivity (Wildman–Crippen MR) is 37.0 cm³/mol. The molecule has 2 nitrogen and oxygen atoms in total. The number of hydrogen-bond donors (Lipinski definition) is 1. The van der Waals surface area contributed by atoms with Gasteiger partial charge in [-0.25, -0.2) is 0 Å². The molecular weight excluding hydrogens is 100 g/mol. The van der Waals surface area contributed by atoms with Gasteiger partial charge in [0.15, 0.2) is 0 Å². The smallest absolute Gasteiger partial charge is 0.0568 e. The van der Waals surface area contributed by atoms with Gasteiger partial charge in [0.2, 0.25) is 0 Å². The summed E-state index contributed by atoms with van der Waals surface area (Å²) in [5, 5.41) is 3.89. The average molecular weight is 112 g/mol. The van der Waals surface area contributed by atoms with Crippen molar-refractivity contribution < 1.29 is 0 Å². The zero-order valence-corrected chi connectivity index (χ0v) is 5.60. The van der Waals surface area contributed by atoms with E-state index in [-0.39, 0.29) is 0 Å². The molecule has 0 saturated heterocycles. The van der Waals surface area contributed by atoms with Crippen LogP contribution in [-0.2, 0) is 0 Å². The Bertz CT molecular complexity index is 103. The molecule has 2 heteroatoms. The SMILES string of the molecule is C/C=C\C(C)=N\NC. The van der Waals surface area contributed by atoms with Crippen molar-refractivity contribution in [2.45, 2.75) is 13.8 Å². The molecule has 0 atom stereocenters. The maximum Gasteiger partial charge on any atom is 0.0568 e. The highest BCUT2D eigenvalue weighted by Gasteiger charge is 1.75. The number of nitrogens with zero attached hydrogens (tertiary/aromatic N) is 1. The van der Waals surface area contributed by atoms with Gasteiger partial charge in [-0.3, -0.25) is 0 Å². The van der Waals surface area contributed by atoms with Gasteiger partial charge in [-0.05, 0) is 19.9 Å². The molecular formula is C6H12N2. The van der Waals surface area contributed by atoms with Crippen LogP contribution in [0, 0.1) is 0 Å². The highest BCUT2D eigenvalue weighted by Crippen LogP contribution is 1.75. The second kappa shape index (κ2) is 4.37. The van der Waals surface area contributed by atoms with Crippen LogP contribution in [0.25, 0.3) is 0 Å². The van der Waals surface area contributed by atoms with Crippen LogP contribution >= 0.6 is 0 Å². The lowest BCUT2D eigenvalue weighted by Crippen LogP contribution is -1.98. The van der Waals surface area contributed by atoms with E-state index in [9.17, 15) is 0 Å². The Morgan fingerprint density at radius 1 is 1.62 bits per heavy atom. The minimum atomic E-state index is 0.995. The molecule has 0 radical (unpaired) electrons. The molecule has 0 unspecified atom stereocenters. The summed E-state index contributed by atoms with van der Waals surface area (Å²) in [4.78, 5) is 0. The molecule has 46 valence electrons. The van der Waals surface area contributed by atoms with Crippen molar-refractivity contribution in [1.29, 1.82) is 0 Å². The zero-order chi connectivity index (χ0) is 6.41. The summed E-state index contributed by atoms with van der Waals surface area (Å²) in [5.74, 6) is 0. The van der Waals surface area contributed by atoms with E-state index in [0.717, 1.165) is 5.71 Å². The maximum absolute atomic E-state index is 3.89. The van der Waals surface area contributed by atoms with Crippen LogP contribution in [0.1, 0.15) is 13.8 Å². The molecule has 0 spiro atoms. The molecule has 0 heterocycles. The van der Waals surface area contributed by atoms with E-state index in [1.54, 1.807) is 7.05 Å². The summed E-state index contributed by atoms with van der Waals surface area (Å²) < 4.78 is 0. The van der Waals surface area contributed by atoms with Crippen molar-refractivity contribution in [1.82, 2.24) is 5.43 Å². The summed E-state index contributed by atoms with van der Waals surface area (Å²) >= 11 is 0. The van der Waals surface area contributed by atoms with Crippen molar-refractivity contribution in [3.8, 4) is 0 Å². The van der Waals surface area contributed by atoms with Gasteiger partial charge in [-0.15, -0.1) is 0 Å². The molecule has 0 bridgehead atoms. The molecule has 0 saturated carbocycles. The van der Waals surface area contributed by atoms with Crippen LogP contribution in [0.2, 0.25) is 0 Å². The third-order valence-corrected chi connectivity index (χ3v) is 0.696. The summed E-state index contributed by atoms with van der Waals surface area (Å²) in [7, 11) is 1.78. The highest BCUT2D eigenvalue weighted by atomic mass is 15.3. The summed E-state index contributed by atoms with van der Waals surface area (Å²) in [5.41, 5.74) is 3.68. The molecule has 0 fully saturated rings. The fourth-order valence-corrected chi connectivity index (χ4v) is 0.455. The third kappa shape index (κ3) is 3.40. The van der Waals surface area contributed by atoms with Crippen LogP contribution in [0.15, 0.2) is 17.3 Å².